The molecule has 1 aliphatic rings. The second kappa shape index (κ2) is 8.53. The molecule has 0 aromatic heterocycles. The Bertz CT molecular complexity index is 478. The maximum Gasteiger partial charge on any atom is 0.191 e. The van der Waals surface area contributed by atoms with E-state index < -0.39 is 5.60 Å². The molecule has 1 aromatic rings. The number of guanidine groups is 1. The van der Waals surface area contributed by atoms with Crippen LogP contribution in [0, 0.1) is 5.82 Å². The van der Waals surface area contributed by atoms with E-state index >= 15 is 0 Å². The standard InChI is InChI=1S/C15H22FN3O.HI/c1-2-17-14(19-11-15(20)7-4-8-15)18-10-12-5-3-6-13(16)9-12;/h3,5-6,9,20H,2,4,7-8,10-11H2,1H3,(H2,17,18,19);1H. The van der Waals surface area contributed by atoms with E-state index in [1.54, 1.807) is 6.07 Å². The summed E-state index contributed by atoms with van der Waals surface area (Å²) in [7, 11) is 0. The number of halogens is 2. The smallest absolute Gasteiger partial charge is 0.191 e. The van der Waals surface area contributed by atoms with Crippen LogP contribution in [0.2, 0.25) is 0 Å². The average molecular weight is 407 g/mol. The highest BCUT2D eigenvalue weighted by Crippen LogP contribution is 2.30. The highest BCUT2D eigenvalue weighted by atomic mass is 127. The van der Waals surface area contributed by atoms with Gasteiger partial charge in [-0.15, -0.1) is 24.0 Å². The van der Waals surface area contributed by atoms with E-state index in [2.05, 4.69) is 15.6 Å². The Balaban J connectivity index is 0.00000220. The minimum Gasteiger partial charge on any atom is -0.388 e. The Hall–Kier alpha value is -0.890. The summed E-state index contributed by atoms with van der Waals surface area (Å²) in [5.41, 5.74) is 0.235. The zero-order valence-corrected chi connectivity index (χ0v) is 14.6. The summed E-state index contributed by atoms with van der Waals surface area (Å²) in [5, 5.41) is 16.3. The van der Waals surface area contributed by atoms with Crippen LogP contribution in [0.25, 0.3) is 0 Å². The highest BCUT2D eigenvalue weighted by Gasteiger charge is 2.34. The van der Waals surface area contributed by atoms with Gasteiger partial charge in [0, 0.05) is 13.1 Å². The van der Waals surface area contributed by atoms with Gasteiger partial charge in [-0.2, -0.15) is 0 Å². The molecule has 3 N–H and O–H groups in total. The van der Waals surface area contributed by atoms with Crippen LogP contribution in [0.1, 0.15) is 31.7 Å². The molecule has 21 heavy (non-hydrogen) atoms. The second-order valence-electron chi connectivity index (χ2n) is 5.26. The predicted molar refractivity (Wildman–Crippen MR) is 93.4 cm³/mol. The molecular weight excluding hydrogens is 384 g/mol. The summed E-state index contributed by atoms with van der Waals surface area (Å²) in [4.78, 5) is 4.40. The van der Waals surface area contributed by atoms with Crippen LogP contribution >= 0.6 is 24.0 Å². The van der Waals surface area contributed by atoms with Crippen molar-refractivity contribution in [3.63, 3.8) is 0 Å². The van der Waals surface area contributed by atoms with Gasteiger partial charge in [0.05, 0.1) is 12.1 Å². The van der Waals surface area contributed by atoms with Crippen molar-refractivity contribution < 1.29 is 9.50 Å². The number of nitrogens with zero attached hydrogens (tertiary/aromatic N) is 1. The minimum absolute atomic E-state index is 0. The molecule has 0 heterocycles. The van der Waals surface area contributed by atoms with Gasteiger partial charge in [-0.25, -0.2) is 9.38 Å². The zero-order valence-electron chi connectivity index (χ0n) is 12.2. The molecule has 0 unspecified atom stereocenters. The van der Waals surface area contributed by atoms with E-state index in [-0.39, 0.29) is 29.8 Å². The first kappa shape index (κ1) is 18.2. The quantitative estimate of drug-likeness (QED) is 0.399. The molecule has 0 spiro atoms. The third-order valence-electron chi connectivity index (χ3n) is 3.52. The molecule has 1 aliphatic carbocycles. The first-order valence-corrected chi connectivity index (χ1v) is 7.10. The van der Waals surface area contributed by atoms with Crippen LogP contribution in [0.5, 0.6) is 0 Å². The molecule has 0 bridgehead atoms. The monoisotopic (exact) mass is 407 g/mol. The van der Waals surface area contributed by atoms with Gasteiger partial charge in [-0.05, 0) is 43.9 Å². The fourth-order valence-corrected chi connectivity index (χ4v) is 2.16. The first-order chi connectivity index (χ1) is 9.61. The molecule has 0 saturated heterocycles. The van der Waals surface area contributed by atoms with Crippen molar-refractivity contribution in [1.82, 2.24) is 10.6 Å². The number of benzene rings is 1. The third-order valence-corrected chi connectivity index (χ3v) is 3.52. The molecule has 1 saturated carbocycles. The largest absolute Gasteiger partial charge is 0.388 e. The maximum absolute atomic E-state index is 13.1. The van der Waals surface area contributed by atoms with Crippen molar-refractivity contribution in [3.05, 3.63) is 35.6 Å². The van der Waals surface area contributed by atoms with Gasteiger partial charge in [-0.3, -0.25) is 0 Å². The Labute approximate surface area is 142 Å². The lowest BCUT2D eigenvalue weighted by atomic mass is 9.80. The van der Waals surface area contributed by atoms with Crippen LogP contribution in [0.3, 0.4) is 0 Å². The van der Waals surface area contributed by atoms with Gasteiger partial charge in [0.1, 0.15) is 5.82 Å². The van der Waals surface area contributed by atoms with Crippen molar-refractivity contribution >= 4 is 29.9 Å². The lowest BCUT2D eigenvalue weighted by Crippen LogP contribution is -2.50. The molecule has 0 atom stereocenters. The van der Waals surface area contributed by atoms with Crippen molar-refractivity contribution in [2.24, 2.45) is 4.99 Å². The van der Waals surface area contributed by atoms with Gasteiger partial charge in [0.15, 0.2) is 5.96 Å². The molecule has 0 radical (unpaired) electrons. The Morgan fingerprint density at radius 3 is 2.71 bits per heavy atom. The molecule has 2 rings (SSSR count). The van der Waals surface area contributed by atoms with E-state index in [4.69, 9.17) is 0 Å². The summed E-state index contributed by atoms with van der Waals surface area (Å²) in [6.07, 6.45) is 2.75. The summed E-state index contributed by atoms with van der Waals surface area (Å²) >= 11 is 0. The van der Waals surface area contributed by atoms with Crippen LogP contribution in [0.15, 0.2) is 29.3 Å². The van der Waals surface area contributed by atoms with Crippen LogP contribution in [-0.2, 0) is 6.54 Å². The molecule has 4 nitrogen and oxygen atoms in total. The minimum atomic E-state index is -0.588. The van der Waals surface area contributed by atoms with Gasteiger partial charge in [0.2, 0.25) is 0 Å². The Kier molecular flexibility index (Phi) is 7.37. The lowest BCUT2D eigenvalue weighted by molar-refractivity contribution is -0.0279. The zero-order chi connectivity index (χ0) is 14.4. The van der Waals surface area contributed by atoms with E-state index in [1.807, 2.05) is 13.0 Å². The van der Waals surface area contributed by atoms with Crippen LogP contribution in [0.4, 0.5) is 4.39 Å². The second-order valence-corrected chi connectivity index (χ2v) is 5.26. The Morgan fingerprint density at radius 2 is 2.14 bits per heavy atom. The van der Waals surface area contributed by atoms with Crippen LogP contribution < -0.4 is 10.6 Å². The summed E-state index contributed by atoms with van der Waals surface area (Å²) < 4.78 is 13.1. The van der Waals surface area contributed by atoms with Crippen LogP contribution in [-0.4, -0.2) is 29.8 Å². The lowest BCUT2D eigenvalue weighted by Gasteiger charge is -2.36. The van der Waals surface area contributed by atoms with E-state index in [9.17, 15) is 9.50 Å². The SMILES string of the molecule is CCNC(=NCc1cccc(F)c1)NCC1(O)CCC1.I. The molecule has 0 amide bonds. The van der Waals surface area contributed by atoms with Gasteiger partial charge < -0.3 is 15.7 Å². The number of nitrogens with one attached hydrogen (secondary N) is 2. The fourth-order valence-electron chi connectivity index (χ4n) is 2.16. The van der Waals surface area contributed by atoms with Crippen molar-refractivity contribution in [1.29, 1.82) is 0 Å². The summed E-state index contributed by atoms with van der Waals surface area (Å²) in [5.74, 6) is 0.400. The van der Waals surface area contributed by atoms with Crippen molar-refractivity contribution in [2.45, 2.75) is 38.3 Å². The van der Waals surface area contributed by atoms with E-state index in [1.165, 1.54) is 12.1 Å². The molecule has 1 fully saturated rings. The normalized spacial score (nSPS) is 16.6. The van der Waals surface area contributed by atoms with Gasteiger partial charge in [-0.1, -0.05) is 12.1 Å². The number of aliphatic imine (C=N–C) groups is 1. The first-order valence-electron chi connectivity index (χ1n) is 7.10. The third kappa shape index (κ3) is 5.78. The fraction of sp³-hybridized carbons (Fsp3) is 0.533. The number of hydrogen-bond acceptors (Lipinski definition) is 2. The van der Waals surface area contributed by atoms with Crippen molar-refractivity contribution in [2.75, 3.05) is 13.1 Å². The Morgan fingerprint density at radius 1 is 1.38 bits per heavy atom. The van der Waals surface area contributed by atoms with Gasteiger partial charge >= 0.3 is 0 Å². The maximum atomic E-state index is 13.1. The van der Waals surface area contributed by atoms with Crippen molar-refractivity contribution in [3.8, 4) is 0 Å². The summed E-state index contributed by atoms with van der Waals surface area (Å²) in [6.45, 7) is 3.64. The number of aliphatic hydroxyl groups is 1. The summed E-state index contributed by atoms with van der Waals surface area (Å²) in [6, 6.07) is 6.42. The average Bonchev–Trinajstić information content (AvgIpc) is 2.40. The number of rotatable bonds is 5. The topological polar surface area (TPSA) is 56.7 Å². The molecular formula is C15H23FIN3O. The predicted octanol–water partition coefficient (Wildman–Crippen LogP) is 2.41. The highest BCUT2D eigenvalue weighted by molar-refractivity contribution is 14.0. The molecule has 1 aromatic carbocycles. The number of hydrogen-bond donors (Lipinski definition) is 3. The molecule has 0 aliphatic heterocycles. The van der Waals surface area contributed by atoms with E-state index in [0.717, 1.165) is 31.4 Å². The van der Waals surface area contributed by atoms with E-state index in [0.29, 0.717) is 19.0 Å². The molecule has 118 valence electrons. The molecule has 6 heteroatoms. The van der Waals surface area contributed by atoms with Gasteiger partial charge in [0.25, 0.3) is 0 Å².